The van der Waals surface area contributed by atoms with Gasteiger partial charge >= 0.3 is 0 Å². The Morgan fingerprint density at radius 1 is 1.33 bits per heavy atom. The maximum Gasteiger partial charge on any atom is 0.156 e. The van der Waals surface area contributed by atoms with Crippen molar-refractivity contribution >= 4 is 23.7 Å². The van der Waals surface area contributed by atoms with Gasteiger partial charge in [-0.25, -0.2) is 9.97 Å². The molecular weight excluding hydrogens is 250 g/mol. The van der Waals surface area contributed by atoms with E-state index in [4.69, 9.17) is 11.6 Å². The summed E-state index contributed by atoms with van der Waals surface area (Å²) in [6.07, 6.45) is 8.22. The summed E-state index contributed by atoms with van der Waals surface area (Å²) in [4.78, 5) is 19.0. The summed E-state index contributed by atoms with van der Waals surface area (Å²) in [6, 6.07) is 0.358. The highest BCUT2D eigenvalue weighted by Crippen LogP contribution is 2.27. The summed E-state index contributed by atoms with van der Waals surface area (Å²) in [7, 11) is 0. The maximum atomic E-state index is 11.0. The molecule has 2 unspecified atom stereocenters. The SMILES string of the molecule is CC1CCCCCC1Nc1ncnc(Cl)c1C=O. The van der Waals surface area contributed by atoms with Gasteiger partial charge in [-0.05, 0) is 18.8 Å². The number of anilines is 1. The van der Waals surface area contributed by atoms with Gasteiger partial charge < -0.3 is 5.32 Å². The Kier molecular flexibility index (Phi) is 4.53. The Morgan fingerprint density at radius 3 is 2.89 bits per heavy atom. The van der Waals surface area contributed by atoms with Crippen LogP contribution in [0, 0.1) is 5.92 Å². The van der Waals surface area contributed by atoms with Gasteiger partial charge in [0.1, 0.15) is 17.3 Å². The van der Waals surface area contributed by atoms with E-state index in [-0.39, 0.29) is 5.15 Å². The van der Waals surface area contributed by atoms with Crippen molar-refractivity contribution in [2.75, 3.05) is 5.32 Å². The lowest BCUT2D eigenvalue weighted by molar-refractivity contribution is 0.112. The van der Waals surface area contributed by atoms with Crippen molar-refractivity contribution in [2.24, 2.45) is 5.92 Å². The normalized spacial score (nSPS) is 24.3. The largest absolute Gasteiger partial charge is 0.366 e. The fraction of sp³-hybridized carbons (Fsp3) is 0.615. The summed E-state index contributed by atoms with van der Waals surface area (Å²) >= 11 is 5.89. The lowest BCUT2D eigenvalue weighted by Crippen LogP contribution is -2.27. The van der Waals surface area contributed by atoms with Crippen molar-refractivity contribution in [3.05, 3.63) is 17.0 Å². The summed E-state index contributed by atoms with van der Waals surface area (Å²) in [5.41, 5.74) is 0.357. The first-order chi connectivity index (χ1) is 8.72. The third-order valence-corrected chi connectivity index (χ3v) is 3.94. The van der Waals surface area contributed by atoms with E-state index < -0.39 is 0 Å². The van der Waals surface area contributed by atoms with Gasteiger partial charge in [0.05, 0.1) is 5.56 Å². The summed E-state index contributed by atoms with van der Waals surface area (Å²) in [6.45, 7) is 2.24. The van der Waals surface area contributed by atoms with Crippen molar-refractivity contribution in [1.29, 1.82) is 0 Å². The van der Waals surface area contributed by atoms with E-state index in [1.54, 1.807) is 0 Å². The Bertz CT molecular complexity index is 425. The molecule has 1 N–H and O–H groups in total. The molecule has 0 spiro atoms. The number of hydrogen-bond acceptors (Lipinski definition) is 4. The third kappa shape index (κ3) is 2.99. The predicted molar refractivity (Wildman–Crippen MR) is 72.1 cm³/mol. The van der Waals surface area contributed by atoms with Crippen LogP contribution < -0.4 is 5.32 Å². The molecular formula is C13H18ClN3O. The molecule has 1 saturated carbocycles. The number of carbonyl (C=O) groups is 1. The minimum Gasteiger partial charge on any atom is -0.366 e. The van der Waals surface area contributed by atoms with Crippen LogP contribution in [-0.4, -0.2) is 22.3 Å². The zero-order valence-electron chi connectivity index (χ0n) is 10.5. The second kappa shape index (κ2) is 6.14. The highest BCUT2D eigenvalue weighted by atomic mass is 35.5. The van der Waals surface area contributed by atoms with Crippen molar-refractivity contribution < 1.29 is 4.79 Å². The number of nitrogens with one attached hydrogen (secondary N) is 1. The Morgan fingerprint density at radius 2 is 2.11 bits per heavy atom. The van der Waals surface area contributed by atoms with Crippen LogP contribution in [0.5, 0.6) is 0 Å². The minimum absolute atomic E-state index is 0.212. The van der Waals surface area contributed by atoms with Gasteiger partial charge in [0.2, 0.25) is 0 Å². The van der Waals surface area contributed by atoms with Crippen molar-refractivity contribution in [1.82, 2.24) is 9.97 Å². The maximum absolute atomic E-state index is 11.0. The molecule has 0 bridgehead atoms. The van der Waals surface area contributed by atoms with Gasteiger partial charge in [0.15, 0.2) is 6.29 Å². The number of carbonyl (C=O) groups excluding carboxylic acids is 1. The molecule has 0 radical (unpaired) electrons. The number of hydrogen-bond donors (Lipinski definition) is 1. The van der Waals surface area contributed by atoms with E-state index in [0.717, 1.165) is 6.42 Å². The van der Waals surface area contributed by atoms with Crippen LogP contribution in [0.2, 0.25) is 5.15 Å². The van der Waals surface area contributed by atoms with Gasteiger partial charge in [-0.15, -0.1) is 0 Å². The van der Waals surface area contributed by atoms with E-state index in [9.17, 15) is 4.79 Å². The average Bonchev–Trinajstić information content (AvgIpc) is 2.55. The topological polar surface area (TPSA) is 54.9 Å². The van der Waals surface area contributed by atoms with E-state index in [1.807, 2.05) is 0 Å². The molecule has 1 aromatic heterocycles. The second-order valence-electron chi connectivity index (χ2n) is 4.91. The van der Waals surface area contributed by atoms with Crippen LogP contribution in [0.1, 0.15) is 49.4 Å². The molecule has 1 aliphatic carbocycles. The molecule has 2 atom stereocenters. The monoisotopic (exact) mass is 267 g/mol. The molecule has 1 fully saturated rings. The Labute approximate surface area is 112 Å². The minimum atomic E-state index is 0.212. The van der Waals surface area contributed by atoms with Crippen LogP contribution in [0.3, 0.4) is 0 Å². The fourth-order valence-corrected chi connectivity index (χ4v) is 2.65. The van der Waals surface area contributed by atoms with Gasteiger partial charge in [-0.2, -0.15) is 0 Å². The Hall–Kier alpha value is -1.16. The van der Waals surface area contributed by atoms with Crippen molar-refractivity contribution in [3.63, 3.8) is 0 Å². The standard InChI is InChI=1S/C13H18ClN3O/c1-9-5-3-2-4-6-11(9)17-13-10(7-18)12(14)15-8-16-13/h7-9,11H,2-6H2,1H3,(H,15,16,17). The number of halogens is 1. The van der Waals surface area contributed by atoms with Gasteiger partial charge in [0, 0.05) is 6.04 Å². The second-order valence-corrected chi connectivity index (χ2v) is 5.27. The quantitative estimate of drug-likeness (QED) is 0.519. The number of aldehydes is 1. The average molecular weight is 268 g/mol. The molecule has 5 heteroatoms. The first-order valence-electron chi connectivity index (χ1n) is 6.44. The summed E-state index contributed by atoms with van der Waals surface area (Å²) in [5.74, 6) is 1.14. The van der Waals surface area contributed by atoms with Crippen LogP contribution in [-0.2, 0) is 0 Å². The third-order valence-electron chi connectivity index (χ3n) is 3.64. The van der Waals surface area contributed by atoms with Crippen molar-refractivity contribution in [3.8, 4) is 0 Å². The van der Waals surface area contributed by atoms with E-state index in [0.29, 0.717) is 29.6 Å². The zero-order valence-corrected chi connectivity index (χ0v) is 11.3. The lowest BCUT2D eigenvalue weighted by Gasteiger charge is -2.23. The number of aromatic nitrogens is 2. The molecule has 18 heavy (non-hydrogen) atoms. The molecule has 0 aliphatic heterocycles. The van der Waals surface area contributed by atoms with Crippen LogP contribution in [0.4, 0.5) is 5.82 Å². The molecule has 2 rings (SSSR count). The van der Waals surface area contributed by atoms with E-state index >= 15 is 0 Å². The lowest BCUT2D eigenvalue weighted by atomic mass is 9.97. The van der Waals surface area contributed by atoms with Gasteiger partial charge in [0.25, 0.3) is 0 Å². The smallest absolute Gasteiger partial charge is 0.156 e. The molecule has 1 heterocycles. The van der Waals surface area contributed by atoms with Crippen LogP contribution >= 0.6 is 11.6 Å². The van der Waals surface area contributed by atoms with Crippen LogP contribution in [0.15, 0.2) is 6.33 Å². The zero-order chi connectivity index (χ0) is 13.0. The highest BCUT2D eigenvalue weighted by Gasteiger charge is 2.21. The molecule has 1 aliphatic rings. The number of rotatable bonds is 3. The molecule has 0 amide bonds. The predicted octanol–water partition coefficient (Wildman–Crippen LogP) is 3.32. The summed E-state index contributed by atoms with van der Waals surface area (Å²) < 4.78 is 0. The molecule has 0 aromatic carbocycles. The molecule has 4 nitrogen and oxygen atoms in total. The fourth-order valence-electron chi connectivity index (χ4n) is 2.48. The number of nitrogens with zero attached hydrogens (tertiary/aromatic N) is 2. The first kappa shape index (κ1) is 13.3. The van der Waals surface area contributed by atoms with Gasteiger partial charge in [-0.1, -0.05) is 37.8 Å². The summed E-state index contributed by atoms with van der Waals surface area (Å²) in [5, 5.41) is 3.58. The van der Waals surface area contributed by atoms with Gasteiger partial charge in [-0.3, -0.25) is 4.79 Å². The first-order valence-corrected chi connectivity index (χ1v) is 6.82. The van der Waals surface area contributed by atoms with Crippen molar-refractivity contribution in [2.45, 2.75) is 45.1 Å². The molecule has 98 valence electrons. The Balaban J connectivity index is 2.17. The highest BCUT2D eigenvalue weighted by molar-refractivity contribution is 6.32. The van der Waals surface area contributed by atoms with Crippen LogP contribution in [0.25, 0.3) is 0 Å². The molecule has 1 aromatic rings. The van der Waals surface area contributed by atoms with E-state index in [1.165, 1.54) is 32.0 Å². The molecule has 0 saturated heterocycles. The van der Waals surface area contributed by atoms with E-state index in [2.05, 4.69) is 22.2 Å².